The van der Waals surface area contributed by atoms with Crippen LogP contribution in [0.25, 0.3) is 0 Å². The van der Waals surface area contributed by atoms with Crippen LogP contribution in [0.4, 0.5) is 5.69 Å². The van der Waals surface area contributed by atoms with Crippen LogP contribution in [0.2, 0.25) is 5.02 Å². The van der Waals surface area contributed by atoms with Crippen LogP contribution in [0.3, 0.4) is 0 Å². The minimum atomic E-state index is -0.167. The van der Waals surface area contributed by atoms with E-state index in [4.69, 9.17) is 11.6 Å². The predicted octanol–water partition coefficient (Wildman–Crippen LogP) is 5.32. The molecule has 4 bridgehead atoms. The zero-order chi connectivity index (χ0) is 15.5. The van der Waals surface area contributed by atoms with Crippen LogP contribution in [-0.2, 0) is 4.79 Å². The third-order valence-corrected chi connectivity index (χ3v) is 7.07. The maximum atomic E-state index is 13.1. The molecule has 4 heteroatoms. The molecule has 1 aromatic rings. The molecule has 1 aromatic carbocycles. The number of rotatable bonds is 2. The van der Waals surface area contributed by atoms with Gasteiger partial charge in [0.2, 0.25) is 5.91 Å². The van der Waals surface area contributed by atoms with Gasteiger partial charge in [0, 0.05) is 15.0 Å². The second-order valence-corrected chi connectivity index (χ2v) is 9.92. The van der Waals surface area contributed by atoms with Gasteiger partial charge < -0.3 is 5.32 Å². The van der Waals surface area contributed by atoms with Crippen LogP contribution in [0.5, 0.6) is 0 Å². The Morgan fingerprint density at radius 2 is 1.95 bits per heavy atom. The molecule has 4 fully saturated rings. The zero-order valence-electron chi connectivity index (χ0n) is 12.8. The second kappa shape index (κ2) is 4.98. The molecule has 0 spiro atoms. The van der Waals surface area contributed by atoms with E-state index in [1.165, 1.54) is 19.3 Å². The third kappa shape index (κ3) is 2.41. The Labute approximate surface area is 145 Å². The Kier molecular flexibility index (Phi) is 3.40. The summed E-state index contributed by atoms with van der Waals surface area (Å²) in [6.45, 7) is 1.99. The van der Waals surface area contributed by atoms with Crippen molar-refractivity contribution in [3.63, 3.8) is 0 Å². The lowest BCUT2D eigenvalue weighted by Gasteiger charge is -2.59. The van der Waals surface area contributed by atoms with Crippen molar-refractivity contribution in [3.8, 4) is 0 Å². The highest BCUT2D eigenvalue weighted by Crippen LogP contribution is 2.64. The minimum absolute atomic E-state index is 0.167. The van der Waals surface area contributed by atoms with Crippen molar-refractivity contribution in [2.75, 3.05) is 5.32 Å². The summed E-state index contributed by atoms with van der Waals surface area (Å²) in [7, 11) is 0. The molecule has 118 valence electrons. The monoisotopic (exact) mass is 381 g/mol. The normalized spacial score (nSPS) is 39.0. The highest BCUT2D eigenvalue weighted by Gasteiger charge is 2.59. The Bertz CT molecular complexity index is 630. The molecule has 1 amide bonds. The van der Waals surface area contributed by atoms with Gasteiger partial charge in [-0.05, 0) is 81.0 Å². The third-order valence-electron chi connectivity index (χ3n) is 5.91. The summed E-state index contributed by atoms with van der Waals surface area (Å²) in [4.78, 5) is 13.1. The average Bonchev–Trinajstić information content (AvgIpc) is 2.39. The van der Waals surface area contributed by atoms with Crippen LogP contribution in [0.15, 0.2) is 18.2 Å². The standard InChI is InChI=1S/C18H21BrClNO/c1-11-4-14(20)2-3-15(11)21-16(22)17-6-12-5-13(7-17)9-18(19,8-12)10-17/h2-4,12-13H,5-10H2,1H3,(H,21,22)/t12-,13+,17?,18?. The molecule has 0 heterocycles. The van der Waals surface area contributed by atoms with Crippen LogP contribution < -0.4 is 5.32 Å². The lowest BCUT2D eigenvalue weighted by molar-refractivity contribution is -0.138. The first kappa shape index (κ1) is 15.0. The van der Waals surface area contributed by atoms with Crippen molar-refractivity contribution in [1.82, 2.24) is 0 Å². The Morgan fingerprint density at radius 3 is 2.55 bits per heavy atom. The number of benzene rings is 1. The first-order valence-electron chi connectivity index (χ1n) is 8.14. The lowest BCUT2D eigenvalue weighted by Crippen LogP contribution is -2.57. The van der Waals surface area contributed by atoms with Crippen LogP contribution in [0, 0.1) is 24.2 Å². The van der Waals surface area contributed by atoms with E-state index in [2.05, 4.69) is 21.2 Å². The maximum absolute atomic E-state index is 13.1. The van der Waals surface area contributed by atoms with Crippen molar-refractivity contribution >= 4 is 39.1 Å². The zero-order valence-corrected chi connectivity index (χ0v) is 15.1. The van der Waals surface area contributed by atoms with Gasteiger partial charge in [-0.25, -0.2) is 0 Å². The van der Waals surface area contributed by atoms with Gasteiger partial charge in [0.25, 0.3) is 0 Å². The van der Waals surface area contributed by atoms with Gasteiger partial charge in [-0.2, -0.15) is 0 Å². The number of alkyl halides is 1. The van der Waals surface area contributed by atoms with E-state index in [1.54, 1.807) is 0 Å². The van der Waals surface area contributed by atoms with E-state index in [1.807, 2.05) is 25.1 Å². The minimum Gasteiger partial charge on any atom is -0.325 e. The predicted molar refractivity (Wildman–Crippen MR) is 93.6 cm³/mol. The quantitative estimate of drug-likeness (QED) is 0.689. The molecule has 0 radical (unpaired) electrons. The molecule has 0 aliphatic heterocycles. The summed E-state index contributed by atoms with van der Waals surface area (Å²) in [5.41, 5.74) is 1.76. The van der Waals surface area contributed by atoms with Gasteiger partial charge in [-0.3, -0.25) is 4.79 Å². The van der Waals surface area contributed by atoms with Gasteiger partial charge >= 0.3 is 0 Å². The molecule has 4 atom stereocenters. The van der Waals surface area contributed by atoms with Crippen molar-refractivity contribution in [3.05, 3.63) is 28.8 Å². The molecular formula is C18H21BrClNO. The maximum Gasteiger partial charge on any atom is 0.230 e. The highest BCUT2D eigenvalue weighted by atomic mass is 79.9. The fraction of sp³-hybridized carbons (Fsp3) is 0.611. The molecule has 22 heavy (non-hydrogen) atoms. The summed E-state index contributed by atoms with van der Waals surface area (Å²) in [5, 5.41) is 3.91. The number of hydrogen-bond acceptors (Lipinski definition) is 1. The molecule has 4 aliphatic rings. The number of amides is 1. The van der Waals surface area contributed by atoms with Crippen molar-refractivity contribution in [2.45, 2.75) is 49.8 Å². The molecule has 4 aliphatic carbocycles. The molecule has 0 aromatic heterocycles. The first-order chi connectivity index (χ1) is 10.4. The lowest BCUT2D eigenvalue weighted by atomic mass is 9.49. The second-order valence-electron chi connectivity index (χ2n) is 7.81. The number of carbonyl (C=O) groups excluding carboxylic acids is 1. The molecule has 4 saturated carbocycles. The van der Waals surface area contributed by atoms with E-state index < -0.39 is 0 Å². The Balaban J connectivity index is 1.60. The highest BCUT2D eigenvalue weighted by molar-refractivity contribution is 9.10. The molecule has 0 saturated heterocycles. The number of aryl methyl sites for hydroxylation is 1. The summed E-state index contributed by atoms with van der Waals surface area (Å²) in [5.74, 6) is 1.66. The SMILES string of the molecule is Cc1cc(Cl)ccc1NC(=O)C12C[C@@H]3C[C@@H](CC(Br)(C3)C1)C2. The summed E-state index contributed by atoms with van der Waals surface area (Å²) in [6.07, 6.45) is 6.94. The van der Waals surface area contributed by atoms with Gasteiger partial charge in [0.1, 0.15) is 0 Å². The average molecular weight is 383 g/mol. The number of hydrogen-bond donors (Lipinski definition) is 1. The van der Waals surface area contributed by atoms with Crippen LogP contribution in [0.1, 0.15) is 44.1 Å². The van der Waals surface area contributed by atoms with Crippen molar-refractivity contribution in [1.29, 1.82) is 0 Å². The number of anilines is 1. The smallest absolute Gasteiger partial charge is 0.230 e. The van der Waals surface area contributed by atoms with Crippen molar-refractivity contribution < 1.29 is 4.79 Å². The fourth-order valence-corrected chi connectivity index (χ4v) is 7.12. The summed E-state index contributed by atoms with van der Waals surface area (Å²) >= 11 is 9.98. The van der Waals surface area contributed by atoms with Crippen LogP contribution >= 0.6 is 27.5 Å². The summed E-state index contributed by atoms with van der Waals surface area (Å²) in [6, 6.07) is 5.67. The van der Waals surface area contributed by atoms with E-state index in [-0.39, 0.29) is 15.6 Å². The summed E-state index contributed by atoms with van der Waals surface area (Å²) < 4.78 is 0.212. The number of halogens is 2. The molecule has 1 N–H and O–H groups in total. The largest absolute Gasteiger partial charge is 0.325 e. The Hall–Kier alpha value is -0.540. The van der Waals surface area contributed by atoms with Gasteiger partial charge in [0.05, 0.1) is 5.41 Å². The topological polar surface area (TPSA) is 29.1 Å². The van der Waals surface area contributed by atoms with Gasteiger partial charge in [-0.15, -0.1) is 0 Å². The van der Waals surface area contributed by atoms with E-state index in [9.17, 15) is 4.79 Å². The van der Waals surface area contributed by atoms with Crippen LogP contribution in [-0.4, -0.2) is 10.2 Å². The Morgan fingerprint density at radius 1 is 1.27 bits per heavy atom. The van der Waals surface area contributed by atoms with Crippen molar-refractivity contribution in [2.24, 2.45) is 17.3 Å². The number of nitrogens with one attached hydrogen (secondary N) is 1. The molecule has 5 rings (SSSR count). The van der Waals surface area contributed by atoms with E-state index in [0.29, 0.717) is 5.02 Å². The first-order valence-corrected chi connectivity index (χ1v) is 9.31. The fourth-order valence-electron chi connectivity index (χ4n) is 5.44. The van der Waals surface area contributed by atoms with Gasteiger partial charge in [0.15, 0.2) is 0 Å². The van der Waals surface area contributed by atoms with E-state index >= 15 is 0 Å². The number of carbonyl (C=O) groups is 1. The van der Waals surface area contributed by atoms with Gasteiger partial charge in [-0.1, -0.05) is 27.5 Å². The van der Waals surface area contributed by atoms with E-state index in [0.717, 1.165) is 42.3 Å². The molecular weight excluding hydrogens is 362 g/mol. The molecule has 2 unspecified atom stereocenters. The molecule has 2 nitrogen and oxygen atoms in total.